The number of carbonyl (C=O) groups excluding carboxylic acids is 2. The number of aromatic nitrogens is 2. The first-order chi connectivity index (χ1) is 21.2. The summed E-state index contributed by atoms with van der Waals surface area (Å²) in [5.74, 6) is -0.642. The third-order valence-electron chi connectivity index (χ3n) is 7.78. The summed E-state index contributed by atoms with van der Waals surface area (Å²) in [6.45, 7) is 12.9. The van der Waals surface area contributed by atoms with E-state index in [0.29, 0.717) is 31.9 Å². The predicted octanol–water partition coefficient (Wildman–Crippen LogP) is 5.12. The maximum absolute atomic E-state index is 14.1. The van der Waals surface area contributed by atoms with Crippen molar-refractivity contribution in [2.75, 3.05) is 33.5 Å². The first kappa shape index (κ1) is 33.6. The molecule has 4 rings (SSSR count). The van der Waals surface area contributed by atoms with Crippen molar-refractivity contribution >= 4 is 23.2 Å². The van der Waals surface area contributed by atoms with Gasteiger partial charge < -0.3 is 33.7 Å². The number of likely N-dealkylation sites (tertiary alicyclic amines) is 1. The van der Waals surface area contributed by atoms with E-state index in [-0.39, 0.29) is 42.4 Å². The lowest BCUT2D eigenvalue weighted by molar-refractivity contribution is -0.153. The summed E-state index contributed by atoms with van der Waals surface area (Å²) in [5, 5.41) is 7.14. The maximum Gasteiger partial charge on any atom is 0.254 e. The molecule has 12 heteroatoms. The van der Waals surface area contributed by atoms with Gasteiger partial charge in [0.15, 0.2) is 12.1 Å². The molecule has 1 aliphatic rings. The predicted molar refractivity (Wildman–Crippen MR) is 166 cm³/mol. The van der Waals surface area contributed by atoms with E-state index in [4.69, 9.17) is 23.5 Å². The molecule has 0 spiro atoms. The average Bonchev–Trinajstić information content (AvgIpc) is 3.76. The van der Waals surface area contributed by atoms with Crippen LogP contribution in [0.15, 0.2) is 40.4 Å². The Morgan fingerprint density at radius 2 is 1.84 bits per heavy atom. The fourth-order valence-corrected chi connectivity index (χ4v) is 6.24. The van der Waals surface area contributed by atoms with Crippen LogP contribution in [0.3, 0.4) is 0 Å². The van der Waals surface area contributed by atoms with E-state index in [0.717, 1.165) is 21.7 Å². The number of rotatable bonds is 15. The number of thiazole rings is 1. The van der Waals surface area contributed by atoms with Crippen LogP contribution in [0.2, 0.25) is 0 Å². The van der Waals surface area contributed by atoms with Gasteiger partial charge in [-0.2, -0.15) is 0 Å². The normalized spacial score (nSPS) is 18.2. The van der Waals surface area contributed by atoms with Crippen LogP contribution in [-0.2, 0) is 23.8 Å². The Morgan fingerprint density at radius 3 is 2.43 bits per heavy atom. The van der Waals surface area contributed by atoms with Gasteiger partial charge in [0.1, 0.15) is 18.6 Å². The maximum atomic E-state index is 14.1. The molecule has 1 saturated heterocycles. The van der Waals surface area contributed by atoms with Crippen LogP contribution in [0.1, 0.15) is 70.0 Å². The number of carbonyl (C=O) groups is 2. The fourth-order valence-electron chi connectivity index (χ4n) is 5.43. The molecule has 0 bridgehead atoms. The Kier molecular flexibility index (Phi) is 11.9. The van der Waals surface area contributed by atoms with Gasteiger partial charge in [-0.05, 0) is 49.9 Å². The van der Waals surface area contributed by atoms with Gasteiger partial charge in [0, 0.05) is 39.4 Å². The van der Waals surface area contributed by atoms with Crippen LogP contribution in [-0.4, -0.2) is 78.8 Å². The highest BCUT2D eigenvalue weighted by molar-refractivity contribution is 7.13. The molecular weight excluding hydrogens is 584 g/mol. The zero-order valence-electron chi connectivity index (χ0n) is 26.6. The molecule has 1 fully saturated rings. The summed E-state index contributed by atoms with van der Waals surface area (Å²) in [5.41, 5.74) is 4.89. The molecule has 0 aliphatic carbocycles. The first-order valence-electron chi connectivity index (χ1n) is 15.1. The number of methoxy groups -OCH3 is 1. The summed E-state index contributed by atoms with van der Waals surface area (Å²) in [7, 11) is 1.60. The zero-order valence-corrected chi connectivity index (χ0v) is 27.4. The number of hydrogen-bond acceptors (Lipinski definition) is 10. The van der Waals surface area contributed by atoms with Crippen LogP contribution in [0, 0.1) is 12.8 Å². The van der Waals surface area contributed by atoms with Gasteiger partial charge in [0.2, 0.25) is 11.8 Å². The van der Waals surface area contributed by atoms with Gasteiger partial charge in [-0.3, -0.25) is 9.59 Å². The Hall–Kier alpha value is -3.32. The minimum atomic E-state index is -0.688. The topological polar surface area (TPSA) is 125 Å². The lowest BCUT2D eigenvalue weighted by Gasteiger charge is -2.29. The monoisotopic (exact) mass is 628 g/mol. The molecule has 0 radical (unpaired) electrons. The largest absolute Gasteiger partial charge is 0.470 e. The lowest BCUT2D eigenvalue weighted by Crippen LogP contribution is -2.48. The molecule has 2 aromatic heterocycles. The second-order valence-corrected chi connectivity index (χ2v) is 12.0. The molecule has 240 valence electrons. The van der Waals surface area contributed by atoms with Crippen molar-refractivity contribution in [3.8, 4) is 16.3 Å². The van der Waals surface area contributed by atoms with E-state index in [2.05, 4.69) is 15.5 Å². The average molecular weight is 629 g/mol. The smallest absolute Gasteiger partial charge is 0.254 e. The molecule has 0 saturated carbocycles. The van der Waals surface area contributed by atoms with Crippen molar-refractivity contribution in [3.63, 3.8) is 0 Å². The van der Waals surface area contributed by atoms with Crippen molar-refractivity contribution in [3.05, 3.63) is 52.9 Å². The van der Waals surface area contributed by atoms with Crippen LogP contribution < -0.4 is 10.1 Å². The Balaban J connectivity index is 1.45. The van der Waals surface area contributed by atoms with Crippen LogP contribution >= 0.6 is 11.3 Å². The summed E-state index contributed by atoms with van der Waals surface area (Å²) in [6, 6.07) is 8.78. The second-order valence-electron chi connectivity index (χ2n) is 11.2. The number of nitrogens with one attached hydrogen (secondary N) is 1. The molecule has 4 atom stereocenters. The summed E-state index contributed by atoms with van der Waals surface area (Å²) in [6.07, 6.45) is -0.399. The van der Waals surface area contributed by atoms with E-state index in [1.54, 1.807) is 29.4 Å². The number of ether oxygens (including phenoxy) is 4. The van der Waals surface area contributed by atoms with Crippen molar-refractivity contribution in [2.45, 2.75) is 78.4 Å². The molecule has 44 heavy (non-hydrogen) atoms. The molecule has 1 unspecified atom stereocenters. The highest BCUT2D eigenvalue weighted by Gasteiger charge is 2.44. The van der Waals surface area contributed by atoms with E-state index in [1.807, 2.05) is 71.3 Å². The second kappa shape index (κ2) is 15.6. The molecule has 2 amide bonds. The van der Waals surface area contributed by atoms with E-state index >= 15 is 0 Å². The van der Waals surface area contributed by atoms with Crippen LogP contribution in [0.5, 0.6) is 5.88 Å². The fraction of sp³-hybridized carbons (Fsp3) is 0.562. The van der Waals surface area contributed by atoms with Gasteiger partial charge in [-0.15, -0.1) is 11.3 Å². The zero-order chi connectivity index (χ0) is 31.8. The number of amides is 2. The minimum Gasteiger partial charge on any atom is -0.470 e. The highest BCUT2D eigenvalue weighted by atomic mass is 32.1. The Labute approximate surface area is 263 Å². The van der Waals surface area contributed by atoms with Crippen molar-refractivity contribution in [1.82, 2.24) is 20.4 Å². The SMILES string of the molecule is CCOC(COc1cc(C(C(=O)N2C[C@H](OC)C[C@H]2C(=O)N[C@@H](C)c2ccc(-c3scnc3C)cc2)C(C)C)on1)OCC. The molecule has 1 aliphatic heterocycles. The summed E-state index contributed by atoms with van der Waals surface area (Å²) in [4.78, 5) is 34.8. The molecular formula is C32H44N4O7S. The highest BCUT2D eigenvalue weighted by Crippen LogP contribution is 2.33. The molecule has 1 N–H and O–H groups in total. The van der Waals surface area contributed by atoms with Gasteiger partial charge >= 0.3 is 0 Å². The third-order valence-corrected chi connectivity index (χ3v) is 8.75. The van der Waals surface area contributed by atoms with Crippen molar-refractivity contribution < 1.29 is 33.1 Å². The third kappa shape index (κ3) is 8.03. The standard InChI is InChI=1S/C32H44N4O7S/c1-8-40-28(41-9-2)17-42-27-15-26(43-35-27)29(19(3)4)32(38)36-16-24(39-7)14-25(36)31(37)34-20(5)22-10-12-23(13-11-22)30-21(6)33-18-44-30/h10-13,15,18-20,24-25,28-29H,8-9,14,16-17H2,1-7H3,(H,34,37)/t20-,24+,25-,29?/m0/s1. The Bertz CT molecular complexity index is 1350. The number of benzene rings is 1. The van der Waals surface area contributed by atoms with Crippen molar-refractivity contribution in [1.29, 1.82) is 0 Å². The number of aryl methyl sites for hydroxylation is 1. The molecule has 3 heterocycles. The van der Waals surface area contributed by atoms with Gasteiger partial charge in [-0.1, -0.05) is 38.1 Å². The first-order valence-corrected chi connectivity index (χ1v) is 16.0. The van der Waals surface area contributed by atoms with Crippen molar-refractivity contribution in [2.24, 2.45) is 5.92 Å². The van der Waals surface area contributed by atoms with Crippen LogP contribution in [0.25, 0.3) is 10.4 Å². The van der Waals surface area contributed by atoms with Crippen LogP contribution in [0.4, 0.5) is 0 Å². The van der Waals surface area contributed by atoms with Gasteiger partial charge in [0.25, 0.3) is 5.88 Å². The number of hydrogen-bond donors (Lipinski definition) is 1. The lowest BCUT2D eigenvalue weighted by atomic mass is 9.91. The molecule has 11 nitrogen and oxygen atoms in total. The van der Waals surface area contributed by atoms with Gasteiger partial charge in [0.05, 0.1) is 28.2 Å². The number of nitrogens with zero attached hydrogens (tertiary/aromatic N) is 3. The molecule has 3 aromatic rings. The minimum absolute atomic E-state index is 0.129. The van der Waals surface area contributed by atoms with E-state index < -0.39 is 18.2 Å². The summed E-state index contributed by atoms with van der Waals surface area (Å²) >= 11 is 1.60. The quantitative estimate of drug-likeness (QED) is 0.228. The van der Waals surface area contributed by atoms with Gasteiger partial charge in [-0.25, -0.2) is 4.98 Å². The molecule has 1 aromatic carbocycles. The van der Waals surface area contributed by atoms with E-state index in [9.17, 15) is 9.59 Å². The summed E-state index contributed by atoms with van der Waals surface area (Å²) < 4.78 is 28.0. The van der Waals surface area contributed by atoms with E-state index in [1.165, 1.54) is 0 Å². The Morgan fingerprint density at radius 1 is 1.14 bits per heavy atom.